The Morgan fingerprint density at radius 1 is 1.45 bits per heavy atom. The van der Waals surface area contributed by atoms with E-state index >= 15 is 0 Å². The van der Waals surface area contributed by atoms with Gasteiger partial charge in [0.1, 0.15) is 0 Å². The molecule has 0 aromatic rings. The highest BCUT2D eigenvalue weighted by Crippen LogP contribution is 2.16. The summed E-state index contributed by atoms with van der Waals surface area (Å²) in [6, 6.07) is 0. The SMILES string of the molecule is C=C.[N-]=[N+]=NC(=N)C(F)(F)F. The summed E-state index contributed by atoms with van der Waals surface area (Å²) in [5, 5.41) is 8.03. The van der Waals surface area contributed by atoms with E-state index in [-0.39, 0.29) is 0 Å². The summed E-state index contributed by atoms with van der Waals surface area (Å²) in [6.45, 7) is 6.00. The summed E-state index contributed by atoms with van der Waals surface area (Å²) in [5.74, 6) is -1.93. The molecule has 4 nitrogen and oxygen atoms in total. The lowest BCUT2D eigenvalue weighted by atomic mass is 10.6. The van der Waals surface area contributed by atoms with E-state index in [1.807, 2.05) is 5.11 Å². The van der Waals surface area contributed by atoms with Crippen molar-refractivity contribution in [2.45, 2.75) is 6.18 Å². The van der Waals surface area contributed by atoms with Gasteiger partial charge in [0.15, 0.2) is 5.84 Å². The molecule has 0 spiro atoms. The van der Waals surface area contributed by atoms with Crippen molar-refractivity contribution in [2.24, 2.45) is 5.11 Å². The fourth-order valence-corrected chi connectivity index (χ4v) is 0.101. The molecule has 0 saturated carbocycles. The largest absolute Gasteiger partial charge is 0.435 e. The highest BCUT2D eigenvalue weighted by atomic mass is 19.4. The molecule has 11 heavy (non-hydrogen) atoms. The van der Waals surface area contributed by atoms with Gasteiger partial charge in [0, 0.05) is 4.91 Å². The fraction of sp³-hybridized carbons (Fsp3) is 0.250. The van der Waals surface area contributed by atoms with Crippen LogP contribution in [-0.4, -0.2) is 12.0 Å². The standard InChI is InChI=1S/C2HF3N4.C2H4/c3-2(4,5)1(6)8-9-7;1-2/h6H;1-2H2. The zero-order valence-corrected chi connectivity index (χ0v) is 5.39. The average Bonchev–Trinajstić information content (AvgIpc) is 1.91. The van der Waals surface area contributed by atoms with E-state index in [0.717, 1.165) is 0 Å². The Hall–Kier alpha value is -1.49. The average molecular weight is 166 g/mol. The topological polar surface area (TPSA) is 72.6 Å². The van der Waals surface area contributed by atoms with Crippen molar-refractivity contribution >= 4 is 5.84 Å². The normalized spacial score (nSPS) is 8.64. The summed E-state index contributed by atoms with van der Waals surface area (Å²) in [4.78, 5) is 1.78. The summed E-state index contributed by atoms with van der Waals surface area (Å²) < 4.78 is 33.4. The molecule has 0 aliphatic carbocycles. The number of nitrogens with zero attached hydrogens (tertiary/aromatic N) is 3. The van der Waals surface area contributed by atoms with Crippen molar-refractivity contribution in [3.05, 3.63) is 23.6 Å². The Balaban J connectivity index is 0. The minimum absolute atomic E-state index is 1.78. The molecule has 0 aromatic carbocycles. The van der Waals surface area contributed by atoms with Gasteiger partial charge in [0.05, 0.1) is 0 Å². The lowest BCUT2D eigenvalue weighted by Gasteiger charge is -1.99. The van der Waals surface area contributed by atoms with E-state index in [1.54, 1.807) is 4.91 Å². The third kappa shape index (κ3) is 6.39. The summed E-state index contributed by atoms with van der Waals surface area (Å²) in [5.41, 5.74) is 7.42. The van der Waals surface area contributed by atoms with Crippen LogP contribution in [0.3, 0.4) is 0 Å². The van der Waals surface area contributed by atoms with E-state index < -0.39 is 12.0 Å². The van der Waals surface area contributed by atoms with Gasteiger partial charge >= 0.3 is 6.18 Å². The van der Waals surface area contributed by atoms with Crippen molar-refractivity contribution in [1.82, 2.24) is 0 Å². The van der Waals surface area contributed by atoms with E-state index in [2.05, 4.69) is 13.2 Å². The second kappa shape index (κ2) is 5.31. The molecular weight excluding hydrogens is 161 g/mol. The Morgan fingerprint density at radius 3 is 1.91 bits per heavy atom. The number of nitrogens with one attached hydrogen (secondary N) is 1. The minimum Gasteiger partial charge on any atom is -0.295 e. The fourth-order valence-electron chi connectivity index (χ4n) is 0.101. The predicted molar refractivity (Wildman–Crippen MR) is 34.2 cm³/mol. The zero-order chi connectivity index (χ0) is 9.49. The van der Waals surface area contributed by atoms with Gasteiger partial charge in [-0.15, -0.1) is 13.2 Å². The maximum Gasteiger partial charge on any atom is 0.435 e. The number of hydrogen-bond acceptors (Lipinski definition) is 1. The van der Waals surface area contributed by atoms with E-state index in [4.69, 9.17) is 10.9 Å². The Bertz CT molecular complexity index is 178. The maximum absolute atomic E-state index is 11.1. The van der Waals surface area contributed by atoms with Gasteiger partial charge in [-0.1, -0.05) is 0 Å². The van der Waals surface area contributed by atoms with Crippen LogP contribution in [-0.2, 0) is 0 Å². The van der Waals surface area contributed by atoms with E-state index in [0.29, 0.717) is 0 Å². The number of hydrogen-bond donors (Lipinski definition) is 1. The van der Waals surface area contributed by atoms with Gasteiger partial charge < -0.3 is 0 Å². The molecule has 0 atom stereocenters. The molecule has 0 radical (unpaired) electrons. The Kier molecular flexibility index (Phi) is 5.89. The Morgan fingerprint density at radius 2 is 1.82 bits per heavy atom. The molecule has 0 amide bonds. The monoisotopic (exact) mass is 166 g/mol. The molecule has 0 aromatic heterocycles. The molecule has 0 rings (SSSR count). The van der Waals surface area contributed by atoms with Gasteiger partial charge in [-0.3, -0.25) is 5.41 Å². The van der Waals surface area contributed by atoms with Gasteiger partial charge in [-0.2, -0.15) is 13.2 Å². The van der Waals surface area contributed by atoms with Gasteiger partial charge in [0.25, 0.3) is 0 Å². The van der Waals surface area contributed by atoms with E-state index in [1.165, 1.54) is 0 Å². The number of halogens is 3. The molecule has 0 heterocycles. The van der Waals surface area contributed by atoms with Crippen LogP contribution in [0.4, 0.5) is 13.2 Å². The highest BCUT2D eigenvalue weighted by molar-refractivity contribution is 5.85. The molecule has 0 saturated heterocycles. The minimum atomic E-state index is -4.83. The predicted octanol–water partition coefficient (Wildman–Crippen LogP) is 2.64. The molecular formula is C4H5F3N4. The van der Waals surface area contributed by atoms with Gasteiger partial charge in [-0.25, -0.2) is 0 Å². The first-order chi connectivity index (χ1) is 4.98. The van der Waals surface area contributed by atoms with Crippen LogP contribution in [0.1, 0.15) is 0 Å². The first-order valence-corrected chi connectivity index (χ1v) is 2.19. The van der Waals surface area contributed by atoms with Crippen LogP contribution < -0.4 is 0 Å². The molecule has 0 unspecified atom stereocenters. The zero-order valence-electron chi connectivity index (χ0n) is 5.39. The third-order valence-corrected chi connectivity index (χ3v) is 0.413. The third-order valence-electron chi connectivity index (χ3n) is 0.413. The Labute approximate surface area is 60.5 Å². The molecule has 7 heteroatoms. The van der Waals surface area contributed by atoms with Crippen LogP contribution in [0.2, 0.25) is 0 Å². The first-order valence-electron chi connectivity index (χ1n) is 2.19. The van der Waals surface area contributed by atoms with Crippen LogP contribution in [0.5, 0.6) is 0 Å². The number of azide groups is 1. The lowest BCUT2D eigenvalue weighted by molar-refractivity contribution is -0.0605. The smallest absolute Gasteiger partial charge is 0.295 e. The quantitative estimate of drug-likeness (QED) is 0.143. The molecule has 0 aliphatic rings. The molecule has 0 aliphatic heterocycles. The summed E-state index contributed by atoms with van der Waals surface area (Å²) in [6.07, 6.45) is -4.83. The molecule has 0 bridgehead atoms. The lowest BCUT2D eigenvalue weighted by Crippen LogP contribution is -2.18. The second-order valence-electron chi connectivity index (χ2n) is 1.04. The van der Waals surface area contributed by atoms with Crippen LogP contribution in [0.15, 0.2) is 18.3 Å². The summed E-state index contributed by atoms with van der Waals surface area (Å²) in [7, 11) is 0. The van der Waals surface area contributed by atoms with Gasteiger partial charge in [-0.05, 0) is 10.6 Å². The van der Waals surface area contributed by atoms with Crippen molar-refractivity contribution in [3.63, 3.8) is 0 Å². The number of amidine groups is 1. The molecule has 62 valence electrons. The molecule has 1 N–H and O–H groups in total. The second-order valence-corrected chi connectivity index (χ2v) is 1.04. The van der Waals surface area contributed by atoms with Crippen molar-refractivity contribution in [2.75, 3.05) is 0 Å². The van der Waals surface area contributed by atoms with Crippen LogP contribution >= 0.6 is 0 Å². The van der Waals surface area contributed by atoms with Crippen molar-refractivity contribution < 1.29 is 13.2 Å². The first kappa shape index (κ1) is 12.2. The maximum atomic E-state index is 11.1. The van der Waals surface area contributed by atoms with Crippen molar-refractivity contribution in [1.29, 1.82) is 5.41 Å². The van der Waals surface area contributed by atoms with E-state index in [9.17, 15) is 13.2 Å². The van der Waals surface area contributed by atoms with Crippen molar-refractivity contribution in [3.8, 4) is 0 Å². The summed E-state index contributed by atoms with van der Waals surface area (Å²) >= 11 is 0. The van der Waals surface area contributed by atoms with Crippen LogP contribution in [0.25, 0.3) is 10.4 Å². The van der Waals surface area contributed by atoms with Crippen LogP contribution in [0, 0.1) is 5.41 Å². The number of rotatable bonds is 0. The van der Waals surface area contributed by atoms with Gasteiger partial charge in [0.2, 0.25) is 0 Å². The number of alkyl halides is 3. The molecule has 0 fully saturated rings. The highest BCUT2D eigenvalue weighted by Gasteiger charge is 2.33.